The average Bonchev–Trinajstić information content (AvgIpc) is 2.02. The topological polar surface area (TPSA) is 97.5 Å². The molecule has 0 heterocycles. The largest absolute Gasteiger partial charge is 0.480 e. The van der Waals surface area contributed by atoms with Crippen molar-refractivity contribution in [1.29, 1.82) is 0 Å². The first-order valence-electron chi connectivity index (χ1n) is 3.26. The van der Waals surface area contributed by atoms with E-state index in [1.807, 2.05) is 0 Å². The Balaban J connectivity index is 5.44. The van der Waals surface area contributed by atoms with Gasteiger partial charge in [-0.2, -0.15) is 0 Å². The zero-order valence-electron chi connectivity index (χ0n) is 7.18. The highest BCUT2D eigenvalue weighted by Gasteiger charge is 2.43. The maximum atomic E-state index is 11.4. The molecule has 0 aromatic rings. The molecule has 0 unspecified atom stereocenters. The van der Waals surface area contributed by atoms with Crippen LogP contribution >= 0.6 is 12.6 Å². The second-order valence-electron chi connectivity index (χ2n) is 2.82. The highest BCUT2D eigenvalue weighted by molar-refractivity contribution is 8.11. The average molecular weight is 225 g/mol. The number of nitrogens with two attached hydrogens (primary N) is 1. The highest BCUT2D eigenvalue weighted by atomic mass is 32.2. The third kappa shape index (κ3) is 1.97. The lowest BCUT2D eigenvalue weighted by molar-refractivity contribution is -0.139. The van der Waals surface area contributed by atoms with E-state index in [0.29, 0.717) is 0 Å². The van der Waals surface area contributed by atoms with Gasteiger partial charge in [0.2, 0.25) is 9.84 Å². The summed E-state index contributed by atoms with van der Waals surface area (Å²) in [6.07, 6.45) is 0.753. The molecule has 0 aliphatic carbocycles. The first kappa shape index (κ1) is 12.3. The Morgan fingerprint density at radius 3 is 2.15 bits per heavy atom. The number of sulfone groups is 1. The maximum Gasteiger partial charge on any atom is 0.324 e. The summed E-state index contributed by atoms with van der Waals surface area (Å²) in [5.41, 5.74) is 4.94. The van der Waals surface area contributed by atoms with E-state index in [1.165, 1.54) is 0 Å². The van der Waals surface area contributed by atoms with Crippen molar-refractivity contribution in [3.63, 3.8) is 0 Å². The van der Waals surface area contributed by atoms with Gasteiger partial charge in [0.25, 0.3) is 0 Å². The Labute approximate surface area is 82.0 Å². The van der Waals surface area contributed by atoms with Crippen molar-refractivity contribution in [1.82, 2.24) is 0 Å². The van der Waals surface area contributed by atoms with Crippen molar-refractivity contribution >= 4 is 28.4 Å². The summed E-state index contributed by atoms with van der Waals surface area (Å²) >= 11 is 3.58. The van der Waals surface area contributed by atoms with Crippen molar-refractivity contribution in [2.24, 2.45) is 5.73 Å². The quantitative estimate of drug-likeness (QED) is 0.585. The number of thiol groups is 1. The third-order valence-corrected chi connectivity index (χ3v) is 4.68. The molecule has 0 bridgehead atoms. The Bertz CT molecular complexity index is 342. The van der Waals surface area contributed by atoms with Crippen LogP contribution in [0.25, 0.3) is 0 Å². The molecule has 0 spiro atoms. The minimum atomic E-state index is -3.99. The molecule has 0 aliphatic rings. The number of hydrogen-bond donors (Lipinski definition) is 3. The van der Waals surface area contributed by atoms with E-state index in [1.54, 1.807) is 0 Å². The fourth-order valence-electron chi connectivity index (χ4n) is 0.466. The van der Waals surface area contributed by atoms with Gasteiger partial charge in [-0.05, 0) is 13.8 Å². The molecule has 13 heavy (non-hydrogen) atoms. The van der Waals surface area contributed by atoms with Crippen molar-refractivity contribution in [2.75, 3.05) is 0 Å². The van der Waals surface area contributed by atoms with Gasteiger partial charge < -0.3 is 10.8 Å². The van der Waals surface area contributed by atoms with E-state index in [-0.39, 0.29) is 0 Å². The molecule has 0 radical (unpaired) electrons. The summed E-state index contributed by atoms with van der Waals surface area (Å²) in [6, 6.07) is 0. The lowest BCUT2D eigenvalue weighted by atomic mass is 10.2. The molecule has 0 aliphatic heterocycles. The van der Waals surface area contributed by atoms with Crippen LogP contribution in [0, 0.1) is 0 Å². The van der Waals surface area contributed by atoms with Gasteiger partial charge in [-0.15, -0.1) is 12.6 Å². The molecular weight excluding hydrogens is 214 g/mol. The van der Waals surface area contributed by atoms with Crippen LogP contribution in [0.1, 0.15) is 13.8 Å². The Kier molecular flexibility index (Phi) is 3.40. The van der Waals surface area contributed by atoms with Crippen molar-refractivity contribution in [2.45, 2.75) is 18.6 Å². The summed E-state index contributed by atoms with van der Waals surface area (Å²) in [5, 5.41) is 8.64. The molecule has 3 N–H and O–H groups in total. The van der Waals surface area contributed by atoms with Gasteiger partial charge in [-0.1, -0.05) is 0 Å². The third-order valence-electron chi connectivity index (χ3n) is 1.60. The second-order valence-corrected chi connectivity index (χ2v) is 6.08. The monoisotopic (exact) mass is 225 g/mol. The fraction of sp³-hybridized carbons (Fsp3) is 0.500. The van der Waals surface area contributed by atoms with Crippen LogP contribution in [0.2, 0.25) is 0 Å². The Hall–Kier alpha value is -0.690. The maximum absolute atomic E-state index is 11.4. The first-order valence-corrected chi connectivity index (χ1v) is 5.20. The van der Waals surface area contributed by atoms with Crippen molar-refractivity contribution < 1.29 is 18.3 Å². The van der Waals surface area contributed by atoms with Crippen LogP contribution in [-0.4, -0.2) is 24.2 Å². The molecule has 0 rings (SSSR count). The molecule has 0 aromatic heterocycles. The summed E-state index contributed by atoms with van der Waals surface area (Å²) in [5.74, 6) is -1.44. The summed E-state index contributed by atoms with van der Waals surface area (Å²) in [6.45, 7) is 2.15. The smallest absolute Gasteiger partial charge is 0.324 e. The summed E-state index contributed by atoms with van der Waals surface area (Å²) in [4.78, 5) is 10.6. The molecule has 76 valence electrons. The minimum Gasteiger partial charge on any atom is -0.480 e. The van der Waals surface area contributed by atoms with Gasteiger partial charge in [-0.3, -0.25) is 4.79 Å². The molecule has 0 saturated carbocycles. The predicted molar refractivity (Wildman–Crippen MR) is 51.9 cm³/mol. The molecule has 0 aromatic carbocycles. The van der Waals surface area contributed by atoms with Gasteiger partial charge in [0.15, 0.2) is 4.75 Å². The minimum absolute atomic E-state index is 0.445. The zero-order chi connectivity index (χ0) is 10.9. The molecule has 0 atom stereocenters. The van der Waals surface area contributed by atoms with Gasteiger partial charge in [0, 0.05) is 6.20 Å². The number of aliphatic carboxylic acids is 1. The molecule has 0 fully saturated rings. The second kappa shape index (κ2) is 3.59. The Morgan fingerprint density at radius 2 is 1.92 bits per heavy atom. The van der Waals surface area contributed by atoms with E-state index in [9.17, 15) is 13.2 Å². The van der Waals surface area contributed by atoms with Gasteiger partial charge in [-0.25, -0.2) is 8.42 Å². The van der Waals surface area contributed by atoms with Gasteiger partial charge in [0.05, 0.1) is 0 Å². The SMILES string of the molecule is CC(C)(C(=O)O)S(=O)(=O)/C(S)=C/N. The van der Waals surface area contributed by atoms with E-state index < -0.39 is 24.8 Å². The van der Waals surface area contributed by atoms with Gasteiger partial charge in [0.1, 0.15) is 4.24 Å². The van der Waals surface area contributed by atoms with Crippen LogP contribution in [0.3, 0.4) is 0 Å². The highest BCUT2D eigenvalue weighted by Crippen LogP contribution is 2.25. The van der Waals surface area contributed by atoms with Crippen LogP contribution < -0.4 is 5.73 Å². The van der Waals surface area contributed by atoms with E-state index in [4.69, 9.17) is 10.8 Å². The number of carboxylic acid groups (broad SMARTS) is 1. The van der Waals surface area contributed by atoms with Gasteiger partial charge >= 0.3 is 5.97 Å². The van der Waals surface area contributed by atoms with Crippen LogP contribution in [0.15, 0.2) is 10.4 Å². The Morgan fingerprint density at radius 1 is 1.54 bits per heavy atom. The van der Waals surface area contributed by atoms with E-state index in [0.717, 1.165) is 20.0 Å². The first-order chi connectivity index (χ1) is 5.67. The lowest BCUT2D eigenvalue weighted by Gasteiger charge is -2.18. The molecule has 0 saturated heterocycles. The van der Waals surface area contributed by atoms with Crippen molar-refractivity contribution in [3.8, 4) is 0 Å². The number of hydrogen-bond acceptors (Lipinski definition) is 5. The van der Waals surface area contributed by atoms with E-state index in [2.05, 4.69) is 12.6 Å². The van der Waals surface area contributed by atoms with E-state index >= 15 is 0 Å². The fourth-order valence-corrected chi connectivity index (χ4v) is 2.08. The summed E-state index contributed by atoms with van der Waals surface area (Å²) in [7, 11) is -3.99. The van der Waals surface area contributed by atoms with Crippen LogP contribution in [0.4, 0.5) is 0 Å². The van der Waals surface area contributed by atoms with Crippen molar-refractivity contribution in [3.05, 3.63) is 10.4 Å². The lowest BCUT2D eigenvalue weighted by Crippen LogP contribution is -2.40. The molecule has 5 nitrogen and oxygen atoms in total. The van der Waals surface area contributed by atoms with Crippen LogP contribution in [0.5, 0.6) is 0 Å². The summed E-state index contributed by atoms with van der Waals surface area (Å²) < 4.78 is 20.5. The zero-order valence-corrected chi connectivity index (χ0v) is 8.89. The number of carboxylic acids is 1. The molecule has 7 heteroatoms. The molecular formula is C6H11NO4S2. The number of carbonyl (C=O) groups is 1. The predicted octanol–water partition coefficient (Wildman–Crippen LogP) is -0.0482. The number of rotatable bonds is 3. The van der Waals surface area contributed by atoms with Crippen LogP contribution in [-0.2, 0) is 14.6 Å². The standard InChI is InChI=1S/C6H11NO4S2/c1-6(2,5(8)9)13(10,11)4(12)3-7/h3,12H,7H2,1-2H3,(H,8,9)/b4-3+. The molecule has 0 amide bonds. The normalized spacial score (nSPS) is 14.2.